The predicted octanol–water partition coefficient (Wildman–Crippen LogP) is 2.31. The molecule has 1 saturated heterocycles. The Morgan fingerprint density at radius 1 is 1.35 bits per heavy atom. The van der Waals surface area contributed by atoms with Gasteiger partial charge in [0.15, 0.2) is 9.84 Å². The highest BCUT2D eigenvalue weighted by Crippen LogP contribution is 2.24. The molecule has 0 aliphatic carbocycles. The monoisotopic (exact) mass is 399 g/mol. The van der Waals surface area contributed by atoms with Crippen molar-refractivity contribution >= 4 is 33.2 Å². The normalized spacial score (nSPS) is 18.7. The van der Waals surface area contributed by atoms with Gasteiger partial charge in [0.2, 0.25) is 11.8 Å². The van der Waals surface area contributed by atoms with Crippen LogP contribution in [0.1, 0.15) is 18.7 Å². The van der Waals surface area contributed by atoms with E-state index in [2.05, 4.69) is 15.5 Å². The van der Waals surface area contributed by atoms with Crippen molar-refractivity contribution in [2.45, 2.75) is 24.5 Å². The Kier molecular flexibility index (Phi) is 5.92. The highest BCUT2D eigenvalue weighted by molar-refractivity contribution is 7.99. The molecule has 10 heteroatoms. The van der Waals surface area contributed by atoms with E-state index in [0.717, 1.165) is 0 Å². The lowest BCUT2D eigenvalue weighted by molar-refractivity contribution is -0.115. The molecule has 1 fully saturated rings. The van der Waals surface area contributed by atoms with Crippen LogP contribution in [0.15, 0.2) is 33.9 Å². The van der Waals surface area contributed by atoms with E-state index in [1.54, 1.807) is 12.1 Å². The van der Waals surface area contributed by atoms with Crippen LogP contribution in [0.5, 0.6) is 0 Å². The summed E-state index contributed by atoms with van der Waals surface area (Å²) in [5, 5.41) is 10.7. The third kappa shape index (κ3) is 5.28. The van der Waals surface area contributed by atoms with Gasteiger partial charge in [0.25, 0.3) is 5.22 Å². The van der Waals surface area contributed by atoms with E-state index >= 15 is 0 Å². The molecule has 0 spiro atoms. The third-order valence-corrected chi connectivity index (χ3v) is 6.60. The van der Waals surface area contributed by atoms with Crippen molar-refractivity contribution < 1.29 is 22.0 Å². The number of hydrogen-bond donors (Lipinski definition) is 1. The van der Waals surface area contributed by atoms with Gasteiger partial charge in [-0.15, -0.1) is 10.2 Å². The van der Waals surface area contributed by atoms with Crippen molar-refractivity contribution in [2.75, 3.05) is 22.6 Å². The predicted molar refractivity (Wildman–Crippen MR) is 95.1 cm³/mol. The Morgan fingerprint density at radius 2 is 2.15 bits per heavy atom. The zero-order chi connectivity index (χ0) is 18.6. The minimum Gasteiger partial charge on any atom is -0.416 e. The zero-order valence-corrected chi connectivity index (χ0v) is 15.5. The largest absolute Gasteiger partial charge is 0.416 e. The molecule has 1 aromatic heterocycles. The van der Waals surface area contributed by atoms with Crippen molar-refractivity contribution in [1.82, 2.24) is 10.2 Å². The second kappa shape index (κ2) is 8.17. The fourth-order valence-electron chi connectivity index (χ4n) is 2.67. The zero-order valence-electron chi connectivity index (χ0n) is 13.9. The Balaban J connectivity index is 1.42. The van der Waals surface area contributed by atoms with Crippen LogP contribution >= 0.6 is 11.8 Å². The molecule has 7 nitrogen and oxygen atoms in total. The third-order valence-electron chi connectivity index (χ3n) is 3.94. The second-order valence-corrected chi connectivity index (χ2v) is 9.34. The fourth-order valence-corrected chi connectivity index (χ4v) is 5.24. The lowest BCUT2D eigenvalue weighted by Gasteiger charge is -2.05. The maximum absolute atomic E-state index is 13.5. The van der Waals surface area contributed by atoms with E-state index in [4.69, 9.17) is 4.42 Å². The average Bonchev–Trinajstić information content (AvgIpc) is 3.16. The number of rotatable bonds is 7. The summed E-state index contributed by atoms with van der Waals surface area (Å²) in [5.74, 6) is 0.413. The van der Waals surface area contributed by atoms with Gasteiger partial charge in [-0.3, -0.25) is 4.79 Å². The van der Waals surface area contributed by atoms with Crippen molar-refractivity contribution in [3.8, 4) is 0 Å². The molecule has 1 aromatic carbocycles. The molecule has 140 valence electrons. The van der Waals surface area contributed by atoms with Crippen LogP contribution in [-0.4, -0.2) is 41.8 Å². The number of nitrogens with one attached hydrogen (secondary N) is 1. The fraction of sp³-hybridized carbons (Fsp3) is 0.438. The van der Waals surface area contributed by atoms with Crippen LogP contribution in [0, 0.1) is 11.7 Å². The summed E-state index contributed by atoms with van der Waals surface area (Å²) >= 11 is 1.23. The number of hydrogen-bond acceptors (Lipinski definition) is 7. The van der Waals surface area contributed by atoms with E-state index in [1.165, 1.54) is 23.9 Å². The summed E-state index contributed by atoms with van der Waals surface area (Å²) in [6.07, 6.45) is 1.22. The Bertz CT molecular complexity index is 885. The molecule has 0 saturated carbocycles. The van der Waals surface area contributed by atoms with Gasteiger partial charge < -0.3 is 9.73 Å². The molecule has 3 rings (SSSR count). The molecule has 0 bridgehead atoms. The number of anilines is 1. The topological polar surface area (TPSA) is 102 Å². The van der Waals surface area contributed by atoms with Gasteiger partial charge in [-0.05, 0) is 24.5 Å². The number of amides is 1. The lowest BCUT2D eigenvalue weighted by atomic mass is 10.1. The Morgan fingerprint density at radius 3 is 2.88 bits per heavy atom. The van der Waals surface area contributed by atoms with Crippen molar-refractivity contribution in [2.24, 2.45) is 5.92 Å². The van der Waals surface area contributed by atoms with Crippen LogP contribution in [0.2, 0.25) is 0 Å². The van der Waals surface area contributed by atoms with E-state index < -0.39 is 15.7 Å². The van der Waals surface area contributed by atoms with Gasteiger partial charge in [-0.1, -0.05) is 23.9 Å². The maximum Gasteiger partial charge on any atom is 0.276 e. The van der Waals surface area contributed by atoms with Gasteiger partial charge in [0, 0.05) is 18.6 Å². The first-order valence-electron chi connectivity index (χ1n) is 8.11. The molecule has 1 atom stereocenters. The number of aromatic nitrogens is 2. The van der Waals surface area contributed by atoms with E-state index in [0.29, 0.717) is 29.7 Å². The number of nitrogens with zero attached hydrogens (tertiary/aromatic N) is 2. The molecule has 2 aromatic rings. The summed E-state index contributed by atoms with van der Waals surface area (Å²) < 4.78 is 41.9. The van der Waals surface area contributed by atoms with E-state index in [-0.39, 0.29) is 35.4 Å². The molecule has 1 amide bonds. The highest BCUT2D eigenvalue weighted by Gasteiger charge is 2.29. The highest BCUT2D eigenvalue weighted by atomic mass is 32.2. The molecule has 26 heavy (non-hydrogen) atoms. The molecular weight excluding hydrogens is 381 g/mol. The van der Waals surface area contributed by atoms with Gasteiger partial charge in [0.05, 0.1) is 17.2 Å². The van der Waals surface area contributed by atoms with E-state index in [9.17, 15) is 17.6 Å². The molecule has 2 heterocycles. The summed E-state index contributed by atoms with van der Waals surface area (Å²) in [4.78, 5) is 11.8. The summed E-state index contributed by atoms with van der Waals surface area (Å²) in [6.45, 7) is 0. The van der Waals surface area contributed by atoms with Crippen LogP contribution < -0.4 is 5.32 Å². The molecule has 1 N–H and O–H groups in total. The number of carbonyl (C=O) groups is 1. The first-order valence-corrected chi connectivity index (χ1v) is 10.9. The lowest BCUT2D eigenvalue weighted by Crippen LogP contribution is -2.13. The number of para-hydroxylation sites is 1. The molecule has 0 radical (unpaired) electrons. The van der Waals surface area contributed by atoms with Crippen LogP contribution in [0.4, 0.5) is 10.1 Å². The Labute approximate surface area is 154 Å². The molecular formula is C16H18FN3O4S2. The van der Waals surface area contributed by atoms with Gasteiger partial charge in [0.1, 0.15) is 5.82 Å². The maximum atomic E-state index is 13.5. The Hall–Kier alpha value is -1.94. The van der Waals surface area contributed by atoms with Crippen LogP contribution in [0.25, 0.3) is 0 Å². The standard InChI is InChI=1S/C16H18FN3O4S2/c17-12-3-1-2-4-13(12)18-14(21)5-7-25-16-20-19-15(24-16)9-11-6-8-26(22,23)10-11/h1-4,11H,5-10H2,(H,18,21). The first-order chi connectivity index (χ1) is 12.4. The molecule has 1 aliphatic heterocycles. The molecule has 1 unspecified atom stereocenters. The van der Waals surface area contributed by atoms with Crippen LogP contribution in [-0.2, 0) is 21.1 Å². The number of thioether (sulfide) groups is 1. The van der Waals surface area contributed by atoms with Gasteiger partial charge >= 0.3 is 0 Å². The number of halogens is 1. The quantitative estimate of drug-likeness (QED) is 0.713. The number of sulfone groups is 1. The first kappa shape index (κ1) is 18.8. The second-order valence-electron chi connectivity index (χ2n) is 6.06. The van der Waals surface area contributed by atoms with Crippen LogP contribution in [0.3, 0.4) is 0 Å². The van der Waals surface area contributed by atoms with Crippen molar-refractivity contribution in [3.63, 3.8) is 0 Å². The van der Waals surface area contributed by atoms with Gasteiger partial charge in [-0.2, -0.15) is 0 Å². The smallest absolute Gasteiger partial charge is 0.276 e. The SMILES string of the molecule is O=C(CCSc1nnc(CC2CCS(=O)(=O)C2)o1)Nc1ccccc1F. The van der Waals surface area contributed by atoms with E-state index in [1.807, 2.05) is 0 Å². The average molecular weight is 399 g/mol. The van der Waals surface area contributed by atoms with Crippen molar-refractivity contribution in [3.05, 3.63) is 36.0 Å². The molecule has 1 aliphatic rings. The number of benzene rings is 1. The summed E-state index contributed by atoms with van der Waals surface area (Å²) in [5.41, 5.74) is 0.147. The van der Waals surface area contributed by atoms with Gasteiger partial charge in [-0.25, -0.2) is 12.8 Å². The minimum atomic E-state index is -2.93. The summed E-state index contributed by atoms with van der Waals surface area (Å²) in [6, 6.07) is 5.96. The van der Waals surface area contributed by atoms with Crippen molar-refractivity contribution in [1.29, 1.82) is 0 Å². The summed E-state index contributed by atoms with van der Waals surface area (Å²) in [7, 11) is -2.93. The minimum absolute atomic E-state index is 0.0184. The number of carbonyl (C=O) groups excluding carboxylic acids is 1.